The van der Waals surface area contributed by atoms with Crippen LogP contribution in [0, 0.1) is 0 Å². The highest BCUT2D eigenvalue weighted by Crippen LogP contribution is 2.23. The van der Waals surface area contributed by atoms with Gasteiger partial charge in [0.25, 0.3) is 0 Å². The van der Waals surface area contributed by atoms with Gasteiger partial charge in [-0.2, -0.15) is 0 Å². The van der Waals surface area contributed by atoms with Gasteiger partial charge in [0.1, 0.15) is 5.76 Å². The van der Waals surface area contributed by atoms with Crippen LogP contribution < -0.4 is 0 Å². The van der Waals surface area contributed by atoms with Gasteiger partial charge in [-0.15, -0.1) is 5.10 Å². The molecule has 1 fully saturated rings. The number of rotatable bonds is 5. The number of aryl methyl sites for hydroxylation is 2. The lowest BCUT2D eigenvalue weighted by molar-refractivity contribution is -0.131. The van der Waals surface area contributed by atoms with E-state index in [-0.39, 0.29) is 5.91 Å². The lowest BCUT2D eigenvalue weighted by Crippen LogP contribution is -2.40. The molecule has 3 heterocycles. The van der Waals surface area contributed by atoms with E-state index in [2.05, 4.69) is 15.5 Å². The average Bonchev–Trinajstić information content (AvgIpc) is 3.24. The molecule has 0 aromatic carbocycles. The summed E-state index contributed by atoms with van der Waals surface area (Å²) in [5.74, 6) is 1.00. The first-order chi connectivity index (χ1) is 11.2. The number of hydrogen-bond acceptors (Lipinski definition) is 5. The Bertz CT molecular complexity index is 620. The number of piperidine rings is 1. The summed E-state index contributed by atoms with van der Waals surface area (Å²) < 4.78 is 7.25. The molecule has 0 unspecified atom stereocenters. The van der Waals surface area contributed by atoms with E-state index in [9.17, 15) is 4.79 Å². The van der Waals surface area contributed by atoms with Crippen LogP contribution in [0.2, 0.25) is 0 Å². The van der Waals surface area contributed by atoms with Crippen molar-refractivity contribution in [2.45, 2.75) is 52.0 Å². The standard InChI is InChI=1S/C16H23N5O2/c1-3-14-13(15(4-2)23-18-14)11-16(22)20-8-5-12(6-9-20)21-10-7-17-19-21/h7,10,12H,3-6,8-9,11H2,1-2H3. The van der Waals surface area contributed by atoms with E-state index in [1.165, 1.54) is 0 Å². The Kier molecular flexibility index (Phi) is 4.73. The highest BCUT2D eigenvalue weighted by Gasteiger charge is 2.26. The van der Waals surface area contributed by atoms with Crippen molar-refractivity contribution in [1.82, 2.24) is 25.1 Å². The maximum Gasteiger partial charge on any atom is 0.227 e. The molecule has 0 aliphatic carbocycles. The first-order valence-electron chi connectivity index (χ1n) is 8.32. The van der Waals surface area contributed by atoms with E-state index in [0.29, 0.717) is 12.5 Å². The molecule has 0 radical (unpaired) electrons. The van der Waals surface area contributed by atoms with Gasteiger partial charge in [-0.1, -0.05) is 24.2 Å². The third-order valence-electron chi connectivity index (χ3n) is 4.57. The van der Waals surface area contributed by atoms with E-state index < -0.39 is 0 Å². The predicted molar refractivity (Wildman–Crippen MR) is 83.8 cm³/mol. The summed E-state index contributed by atoms with van der Waals surface area (Å²) in [7, 11) is 0. The summed E-state index contributed by atoms with van der Waals surface area (Å²) in [6.45, 7) is 5.58. The number of amides is 1. The smallest absolute Gasteiger partial charge is 0.227 e. The van der Waals surface area contributed by atoms with Gasteiger partial charge in [-0.3, -0.25) is 4.79 Å². The van der Waals surface area contributed by atoms with Crippen LogP contribution in [0.5, 0.6) is 0 Å². The highest BCUT2D eigenvalue weighted by atomic mass is 16.5. The Morgan fingerprint density at radius 3 is 2.70 bits per heavy atom. The molecule has 1 aliphatic heterocycles. The van der Waals surface area contributed by atoms with Gasteiger partial charge in [-0.05, 0) is 19.3 Å². The molecule has 124 valence electrons. The lowest BCUT2D eigenvalue weighted by atomic mass is 10.0. The van der Waals surface area contributed by atoms with Crippen molar-refractivity contribution in [3.05, 3.63) is 29.4 Å². The number of hydrogen-bond donors (Lipinski definition) is 0. The maximum absolute atomic E-state index is 12.6. The zero-order valence-corrected chi connectivity index (χ0v) is 13.7. The third-order valence-corrected chi connectivity index (χ3v) is 4.57. The Morgan fingerprint density at radius 2 is 2.09 bits per heavy atom. The topological polar surface area (TPSA) is 77.0 Å². The van der Waals surface area contributed by atoms with E-state index in [0.717, 1.165) is 55.8 Å². The van der Waals surface area contributed by atoms with Crippen LogP contribution >= 0.6 is 0 Å². The van der Waals surface area contributed by atoms with E-state index in [4.69, 9.17) is 4.52 Å². The average molecular weight is 317 g/mol. The van der Waals surface area contributed by atoms with Crippen molar-refractivity contribution in [2.75, 3.05) is 13.1 Å². The van der Waals surface area contributed by atoms with Crippen molar-refractivity contribution in [2.24, 2.45) is 0 Å². The summed E-state index contributed by atoms with van der Waals surface area (Å²) in [4.78, 5) is 14.6. The van der Waals surface area contributed by atoms with Crippen molar-refractivity contribution >= 4 is 5.91 Å². The molecular formula is C16H23N5O2. The van der Waals surface area contributed by atoms with Gasteiger partial charge >= 0.3 is 0 Å². The van der Waals surface area contributed by atoms with Crippen molar-refractivity contribution in [1.29, 1.82) is 0 Å². The predicted octanol–water partition coefficient (Wildman–Crippen LogP) is 1.80. The molecular weight excluding hydrogens is 294 g/mol. The van der Waals surface area contributed by atoms with E-state index >= 15 is 0 Å². The van der Waals surface area contributed by atoms with Gasteiger partial charge in [0.05, 0.1) is 24.4 Å². The Balaban J connectivity index is 1.61. The summed E-state index contributed by atoms with van der Waals surface area (Å²) >= 11 is 0. The summed E-state index contributed by atoms with van der Waals surface area (Å²) in [5, 5.41) is 12.0. The molecule has 23 heavy (non-hydrogen) atoms. The normalized spacial score (nSPS) is 16.0. The minimum atomic E-state index is 0.162. The Hall–Kier alpha value is -2.18. The number of carbonyl (C=O) groups is 1. The quantitative estimate of drug-likeness (QED) is 0.840. The van der Waals surface area contributed by atoms with Gasteiger partial charge < -0.3 is 9.42 Å². The molecule has 0 atom stereocenters. The molecule has 0 spiro atoms. The van der Waals surface area contributed by atoms with Crippen LogP contribution in [-0.2, 0) is 24.1 Å². The molecule has 7 nitrogen and oxygen atoms in total. The van der Waals surface area contributed by atoms with Gasteiger partial charge in [0, 0.05) is 31.3 Å². The van der Waals surface area contributed by atoms with Crippen LogP contribution in [-0.4, -0.2) is 44.0 Å². The first-order valence-corrected chi connectivity index (χ1v) is 8.32. The fourth-order valence-electron chi connectivity index (χ4n) is 3.19. The Labute approximate surface area is 135 Å². The molecule has 0 N–H and O–H groups in total. The van der Waals surface area contributed by atoms with Crippen LogP contribution in [0.1, 0.15) is 49.7 Å². The molecule has 7 heteroatoms. The van der Waals surface area contributed by atoms with Gasteiger partial charge in [-0.25, -0.2) is 4.68 Å². The molecule has 1 amide bonds. The second-order valence-electron chi connectivity index (χ2n) is 5.91. The summed E-state index contributed by atoms with van der Waals surface area (Å²) in [5.41, 5.74) is 1.89. The SMILES string of the molecule is CCc1noc(CC)c1CC(=O)N1CCC(n2ccnn2)CC1. The molecule has 1 aliphatic rings. The second-order valence-corrected chi connectivity index (χ2v) is 5.91. The number of nitrogens with zero attached hydrogens (tertiary/aromatic N) is 5. The molecule has 1 saturated heterocycles. The highest BCUT2D eigenvalue weighted by molar-refractivity contribution is 5.79. The zero-order valence-electron chi connectivity index (χ0n) is 13.7. The molecule has 3 rings (SSSR count). The largest absolute Gasteiger partial charge is 0.361 e. The lowest BCUT2D eigenvalue weighted by Gasteiger charge is -2.32. The van der Waals surface area contributed by atoms with Crippen molar-refractivity contribution < 1.29 is 9.32 Å². The second kappa shape index (κ2) is 6.93. The fourth-order valence-corrected chi connectivity index (χ4v) is 3.19. The number of aromatic nitrogens is 4. The van der Waals surface area contributed by atoms with Crippen LogP contribution in [0.25, 0.3) is 0 Å². The van der Waals surface area contributed by atoms with E-state index in [1.807, 2.05) is 29.6 Å². The van der Waals surface area contributed by atoms with Crippen LogP contribution in [0.15, 0.2) is 16.9 Å². The van der Waals surface area contributed by atoms with Gasteiger partial charge in [0.15, 0.2) is 0 Å². The summed E-state index contributed by atoms with van der Waals surface area (Å²) in [6.07, 6.45) is 7.37. The number of likely N-dealkylation sites (tertiary alicyclic amines) is 1. The zero-order chi connectivity index (χ0) is 16.2. The molecule has 2 aromatic heterocycles. The molecule has 0 saturated carbocycles. The minimum Gasteiger partial charge on any atom is -0.361 e. The maximum atomic E-state index is 12.6. The van der Waals surface area contributed by atoms with Gasteiger partial charge in [0.2, 0.25) is 5.91 Å². The molecule has 0 bridgehead atoms. The minimum absolute atomic E-state index is 0.162. The van der Waals surface area contributed by atoms with Crippen molar-refractivity contribution in [3.8, 4) is 0 Å². The molecule has 2 aromatic rings. The number of carbonyl (C=O) groups excluding carboxylic acids is 1. The van der Waals surface area contributed by atoms with E-state index in [1.54, 1.807) is 6.20 Å². The Morgan fingerprint density at radius 1 is 1.30 bits per heavy atom. The monoisotopic (exact) mass is 317 g/mol. The van der Waals surface area contributed by atoms with Crippen molar-refractivity contribution in [3.63, 3.8) is 0 Å². The fraction of sp³-hybridized carbons (Fsp3) is 0.625. The summed E-state index contributed by atoms with van der Waals surface area (Å²) in [6, 6.07) is 0.342. The third kappa shape index (κ3) is 3.28. The first kappa shape index (κ1) is 15.7. The van der Waals surface area contributed by atoms with Crippen LogP contribution in [0.4, 0.5) is 0 Å². The van der Waals surface area contributed by atoms with Crippen LogP contribution in [0.3, 0.4) is 0 Å².